The summed E-state index contributed by atoms with van der Waals surface area (Å²) in [6.45, 7) is 0. The Morgan fingerprint density at radius 1 is 1.00 bits per heavy atom. The summed E-state index contributed by atoms with van der Waals surface area (Å²) in [5.41, 5.74) is 0.527. The molecule has 0 saturated carbocycles. The standard InChI is InChI=1S/C19H15FN2O5/c20-9-5-7-10(8-6-9)22-17(24)13-14(18(22)25)16(19(26)27)21-15(13)11-3-1-2-4-12(11)23/h1-8,13-16,21,23H,(H,26,27)/t13-,14-,15+,16-/m0/s1. The lowest BCUT2D eigenvalue weighted by molar-refractivity contribution is -0.142. The van der Waals surface area contributed by atoms with E-state index < -0.39 is 47.5 Å². The van der Waals surface area contributed by atoms with Gasteiger partial charge < -0.3 is 10.2 Å². The fraction of sp³-hybridized carbons (Fsp3) is 0.211. The summed E-state index contributed by atoms with van der Waals surface area (Å²) in [7, 11) is 0. The molecule has 0 aliphatic carbocycles. The number of carbonyl (C=O) groups is 3. The zero-order valence-electron chi connectivity index (χ0n) is 13.9. The average molecular weight is 370 g/mol. The van der Waals surface area contributed by atoms with Crippen LogP contribution in [0.1, 0.15) is 11.6 Å². The van der Waals surface area contributed by atoms with Gasteiger partial charge in [0.05, 0.1) is 17.5 Å². The summed E-state index contributed by atoms with van der Waals surface area (Å²) in [5.74, 6) is -5.22. The van der Waals surface area contributed by atoms with Crippen molar-refractivity contribution in [2.75, 3.05) is 4.90 Å². The van der Waals surface area contributed by atoms with E-state index in [4.69, 9.17) is 0 Å². The highest BCUT2D eigenvalue weighted by Crippen LogP contribution is 2.46. The van der Waals surface area contributed by atoms with Gasteiger partial charge in [0, 0.05) is 11.6 Å². The van der Waals surface area contributed by atoms with Gasteiger partial charge in [-0.1, -0.05) is 18.2 Å². The lowest BCUT2D eigenvalue weighted by Gasteiger charge is -2.22. The van der Waals surface area contributed by atoms with Crippen molar-refractivity contribution < 1.29 is 29.0 Å². The van der Waals surface area contributed by atoms with Crippen molar-refractivity contribution in [1.29, 1.82) is 0 Å². The van der Waals surface area contributed by atoms with Crippen LogP contribution in [0, 0.1) is 17.7 Å². The van der Waals surface area contributed by atoms with E-state index in [2.05, 4.69) is 5.32 Å². The molecule has 2 fully saturated rings. The number of aliphatic carboxylic acids is 1. The van der Waals surface area contributed by atoms with Gasteiger partial charge >= 0.3 is 5.97 Å². The third-order valence-electron chi connectivity index (χ3n) is 5.10. The maximum Gasteiger partial charge on any atom is 0.321 e. The molecule has 138 valence electrons. The number of para-hydroxylation sites is 1. The summed E-state index contributed by atoms with van der Waals surface area (Å²) in [5, 5.41) is 22.5. The van der Waals surface area contributed by atoms with Gasteiger partial charge in [0.25, 0.3) is 0 Å². The molecule has 2 heterocycles. The minimum atomic E-state index is -1.28. The van der Waals surface area contributed by atoms with Crippen molar-refractivity contribution in [2.45, 2.75) is 12.1 Å². The Kier molecular flexibility index (Phi) is 3.92. The Morgan fingerprint density at radius 3 is 2.26 bits per heavy atom. The number of nitrogens with one attached hydrogen (secondary N) is 1. The minimum Gasteiger partial charge on any atom is -0.508 e. The number of aromatic hydroxyl groups is 1. The molecule has 4 atom stereocenters. The number of rotatable bonds is 3. The summed E-state index contributed by atoms with van der Waals surface area (Å²) in [6, 6.07) is 8.99. The van der Waals surface area contributed by atoms with Crippen molar-refractivity contribution in [3.05, 3.63) is 59.9 Å². The van der Waals surface area contributed by atoms with Crippen molar-refractivity contribution in [3.8, 4) is 5.75 Å². The molecule has 2 saturated heterocycles. The molecule has 3 N–H and O–H groups in total. The van der Waals surface area contributed by atoms with E-state index in [-0.39, 0.29) is 11.4 Å². The predicted molar refractivity (Wildman–Crippen MR) is 91.3 cm³/mol. The van der Waals surface area contributed by atoms with Crippen LogP contribution in [0.4, 0.5) is 10.1 Å². The van der Waals surface area contributed by atoms with Crippen molar-refractivity contribution in [2.24, 2.45) is 11.8 Å². The zero-order valence-corrected chi connectivity index (χ0v) is 13.9. The maximum absolute atomic E-state index is 13.2. The van der Waals surface area contributed by atoms with Crippen molar-refractivity contribution in [3.63, 3.8) is 0 Å². The van der Waals surface area contributed by atoms with Crippen LogP contribution >= 0.6 is 0 Å². The molecule has 0 unspecified atom stereocenters. The molecule has 4 rings (SSSR count). The van der Waals surface area contributed by atoms with Gasteiger partial charge in [0.1, 0.15) is 17.6 Å². The van der Waals surface area contributed by atoms with Crippen LogP contribution in [0.15, 0.2) is 48.5 Å². The zero-order chi connectivity index (χ0) is 19.3. The highest BCUT2D eigenvalue weighted by Gasteiger charge is 2.61. The summed E-state index contributed by atoms with van der Waals surface area (Å²) < 4.78 is 13.2. The first-order valence-electron chi connectivity index (χ1n) is 8.30. The fourth-order valence-corrected chi connectivity index (χ4v) is 3.92. The Labute approximate surface area is 153 Å². The van der Waals surface area contributed by atoms with E-state index in [9.17, 15) is 29.0 Å². The number of hydrogen-bond donors (Lipinski definition) is 3. The lowest BCUT2D eigenvalue weighted by atomic mass is 9.86. The van der Waals surface area contributed by atoms with Crippen LogP contribution in [0.5, 0.6) is 5.75 Å². The van der Waals surface area contributed by atoms with Gasteiger partial charge in [-0.3, -0.25) is 19.7 Å². The summed E-state index contributed by atoms with van der Waals surface area (Å²) >= 11 is 0. The van der Waals surface area contributed by atoms with Crippen molar-refractivity contribution in [1.82, 2.24) is 5.32 Å². The van der Waals surface area contributed by atoms with Crippen LogP contribution in [-0.4, -0.2) is 34.0 Å². The predicted octanol–water partition coefficient (Wildman–Crippen LogP) is 1.43. The van der Waals surface area contributed by atoms with Crippen LogP contribution in [0.25, 0.3) is 0 Å². The SMILES string of the molecule is O=C(O)[C@H]1N[C@H](c2ccccc2O)[C@H]2C(=O)N(c3ccc(F)cc3)C(=O)[C@@H]21. The lowest BCUT2D eigenvalue weighted by Crippen LogP contribution is -2.43. The van der Waals surface area contributed by atoms with Gasteiger partial charge in [-0.15, -0.1) is 0 Å². The second kappa shape index (κ2) is 6.17. The molecular formula is C19H15FN2O5. The number of hydrogen-bond acceptors (Lipinski definition) is 5. The molecule has 0 aromatic heterocycles. The largest absolute Gasteiger partial charge is 0.508 e. The number of carbonyl (C=O) groups excluding carboxylic acids is 2. The van der Waals surface area contributed by atoms with Crippen LogP contribution < -0.4 is 10.2 Å². The van der Waals surface area contributed by atoms with Gasteiger partial charge in [-0.2, -0.15) is 0 Å². The second-order valence-corrected chi connectivity index (χ2v) is 6.56. The Balaban J connectivity index is 1.79. The van der Waals surface area contributed by atoms with E-state index in [0.29, 0.717) is 5.56 Å². The molecule has 2 aromatic carbocycles. The maximum atomic E-state index is 13.2. The number of halogens is 1. The molecule has 8 heteroatoms. The van der Waals surface area contributed by atoms with Crippen LogP contribution in [-0.2, 0) is 14.4 Å². The molecule has 2 aromatic rings. The Bertz CT molecular complexity index is 945. The number of phenols is 1. The van der Waals surface area contributed by atoms with Crippen LogP contribution in [0.2, 0.25) is 0 Å². The van der Waals surface area contributed by atoms with E-state index >= 15 is 0 Å². The number of carboxylic acids is 1. The second-order valence-electron chi connectivity index (χ2n) is 6.56. The Hall–Kier alpha value is -3.26. The molecule has 0 bridgehead atoms. The number of imide groups is 1. The van der Waals surface area contributed by atoms with Gasteiger partial charge in [-0.05, 0) is 30.3 Å². The molecular weight excluding hydrogens is 355 g/mol. The smallest absolute Gasteiger partial charge is 0.321 e. The first kappa shape index (κ1) is 17.2. The highest BCUT2D eigenvalue weighted by molar-refractivity contribution is 6.23. The molecule has 2 amide bonds. The highest BCUT2D eigenvalue weighted by atomic mass is 19.1. The van der Waals surface area contributed by atoms with Gasteiger partial charge in [-0.25, -0.2) is 9.29 Å². The normalized spacial score (nSPS) is 27.1. The van der Waals surface area contributed by atoms with E-state index in [1.54, 1.807) is 18.2 Å². The van der Waals surface area contributed by atoms with E-state index in [1.807, 2.05) is 0 Å². The fourth-order valence-electron chi connectivity index (χ4n) is 3.92. The van der Waals surface area contributed by atoms with E-state index in [0.717, 1.165) is 17.0 Å². The first-order chi connectivity index (χ1) is 12.9. The Morgan fingerprint density at radius 2 is 1.63 bits per heavy atom. The molecule has 7 nitrogen and oxygen atoms in total. The molecule has 0 radical (unpaired) electrons. The quantitative estimate of drug-likeness (QED) is 0.706. The van der Waals surface area contributed by atoms with Gasteiger partial charge in [0.2, 0.25) is 11.8 Å². The first-order valence-corrected chi connectivity index (χ1v) is 8.30. The molecule has 2 aliphatic rings. The molecule has 27 heavy (non-hydrogen) atoms. The molecule has 2 aliphatic heterocycles. The van der Waals surface area contributed by atoms with Crippen LogP contribution in [0.3, 0.4) is 0 Å². The number of benzene rings is 2. The third-order valence-corrected chi connectivity index (χ3v) is 5.10. The van der Waals surface area contributed by atoms with Gasteiger partial charge in [0.15, 0.2) is 0 Å². The summed E-state index contributed by atoms with van der Waals surface area (Å²) in [6.07, 6.45) is 0. The number of fused-ring (bicyclic) bond motifs is 1. The average Bonchev–Trinajstić information content (AvgIpc) is 3.14. The number of phenolic OH excluding ortho intramolecular Hbond substituents is 1. The summed E-state index contributed by atoms with van der Waals surface area (Å²) in [4.78, 5) is 38.5. The topological polar surface area (TPSA) is 107 Å². The number of anilines is 1. The molecule has 0 spiro atoms. The minimum absolute atomic E-state index is 0.0970. The van der Waals surface area contributed by atoms with E-state index in [1.165, 1.54) is 18.2 Å². The number of nitrogens with zero attached hydrogens (tertiary/aromatic N) is 1. The monoisotopic (exact) mass is 370 g/mol. The number of amides is 2. The number of carboxylic acid groups (broad SMARTS) is 1. The van der Waals surface area contributed by atoms with Crippen molar-refractivity contribution >= 4 is 23.5 Å². The third kappa shape index (κ3) is 2.57.